The normalized spacial score (nSPS) is 18.5. The monoisotopic (exact) mass is 472 g/mol. The minimum atomic E-state index is -4.81. The molecule has 2 unspecified atom stereocenters. The summed E-state index contributed by atoms with van der Waals surface area (Å²) in [6.07, 6.45) is -6.47. The van der Waals surface area contributed by atoms with Crippen molar-refractivity contribution in [1.82, 2.24) is 4.57 Å². The van der Waals surface area contributed by atoms with E-state index in [-0.39, 0.29) is 48.2 Å². The third-order valence-corrected chi connectivity index (χ3v) is 5.80. The Balaban J connectivity index is 1.94. The standard InChI is InChI=1S/C25H23F3N2O4/c26-25(27,28)23-20(15-7-3-1-4-8-15)21(24(29)33)22(16-9-5-2-6-10-16)30(23)12-11-18-13-17(31)14-19(32)34-18/h1-10,17-18,31H,11-14H2,(H2,29,33). The predicted octanol–water partition coefficient (Wildman–Crippen LogP) is 4.40. The maximum absolute atomic E-state index is 14.6. The third kappa shape index (κ3) is 4.70. The van der Waals surface area contributed by atoms with Crippen LogP contribution >= 0.6 is 0 Å². The predicted molar refractivity (Wildman–Crippen MR) is 119 cm³/mol. The lowest BCUT2D eigenvalue weighted by molar-refractivity contribution is -0.161. The summed E-state index contributed by atoms with van der Waals surface area (Å²) in [4.78, 5) is 24.3. The van der Waals surface area contributed by atoms with Gasteiger partial charge in [-0.3, -0.25) is 9.59 Å². The van der Waals surface area contributed by atoms with Crippen LogP contribution in [0.2, 0.25) is 0 Å². The average Bonchev–Trinajstić information content (AvgIpc) is 3.14. The minimum Gasteiger partial charge on any atom is -0.462 e. The van der Waals surface area contributed by atoms with E-state index in [1.165, 1.54) is 12.1 Å². The Bertz CT molecular complexity index is 1190. The molecule has 2 aromatic carbocycles. The summed E-state index contributed by atoms with van der Waals surface area (Å²) in [7, 11) is 0. The Kier molecular flexibility index (Phi) is 6.47. The van der Waals surface area contributed by atoms with Crippen LogP contribution in [0.1, 0.15) is 35.3 Å². The molecule has 4 rings (SSSR count). The van der Waals surface area contributed by atoms with Gasteiger partial charge >= 0.3 is 12.1 Å². The Morgan fingerprint density at radius 1 is 1.06 bits per heavy atom. The Labute approximate surface area is 193 Å². The number of aliphatic hydroxyl groups is 1. The number of aromatic nitrogens is 1. The maximum atomic E-state index is 14.6. The molecule has 1 saturated heterocycles. The zero-order valence-electron chi connectivity index (χ0n) is 18.1. The zero-order chi connectivity index (χ0) is 24.5. The first kappa shape index (κ1) is 23.6. The number of cyclic esters (lactones) is 1. The quantitative estimate of drug-likeness (QED) is 0.520. The van der Waals surface area contributed by atoms with E-state index in [0.29, 0.717) is 5.56 Å². The first-order chi connectivity index (χ1) is 16.2. The fraction of sp³-hybridized carbons (Fsp3) is 0.280. The van der Waals surface area contributed by atoms with Gasteiger partial charge in [-0.05, 0) is 11.1 Å². The first-order valence-corrected chi connectivity index (χ1v) is 10.8. The number of hydrogen-bond acceptors (Lipinski definition) is 4. The van der Waals surface area contributed by atoms with Crippen molar-refractivity contribution >= 4 is 11.9 Å². The topological polar surface area (TPSA) is 94.5 Å². The number of amides is 1. The van der Waals surface area contributed by atoms with E-state index in [4.69, 9.17) is 10.5 Å². The summed E-state index contributed by atoms with van der Waals surface area (Å²) >= 11 is 0. The van der Waals surface area contributed by atoms with Crippen LogP contribution in [-0.2, 0) is 22.3 Å². The molecule has 178 valence electrons. The number of rotatable bonds is 6. The molecule has 0 saturated carbocycles. The number of ether oxygens (including phenoxy) is 1. The zero-order valence-corrected chi connectivity index (χ0v) is 18.1. The second kappa shape index (κ2) is 9.34. The van der Waals surface area contributed by atoms with Crippen molar-refractivity contribution in [2.75, 3.05) is 0 Å². The molecule has 1 aliphatic rings. The molecule has 0 spiro atoms. The van der Waals surface area contributed by atoms with Gasteiger partial charge in [-0.25, -0.2) is 0 Å². The van der Waals surface area contributed by atoms with E-state index < -0.39 is 36.0 Å². The number of esters is 1. The van der Waals surface area contributed by atoms with Crippen molar-refractivity contribution in [3.63, 3.8) is 0 Å². The van der Waals surface area contributed by atoms with Gasteiger partial charge in [-0.1, -0.05) is 60.7 Å². The van der Waals surface area contributed by atoms with Crippen LogP contribution in [0.5, 0.6) is 0 Å². The minimum absolute atomic E-state index is 0.0207. The number of aliphatic hydroxyl groups excluding tert-OH is 1. The van der Waals surface area contributed by atoms with Crippen LogP contribution in [0.25, 0.3) is 22.4 Å². The van der Waals surface area contributed by atoms with Crippen molar-refractivity contribution in [3.8, 4) is 22.4 Å². The summed E-state index contributed by atoms with van der Waals surface area (Å²) in [5.74, 6) is -1.58. The number of carbonyl (C=O) groups excluding carboxylic acids is 2. The molecule has 9 heteroatoms. The molecule has 0 aliphatic carbocycles. The number of benzene rings is 2. The van der Waals surface area contributed by atoms with Crippen LogP contribution < -0.4 is 5.73 Å². The van der Waals surface area contributed by atoms with Crippen molar-refractivity contribution < 1.29 is 32.6 Å². The Morgan fingerprint density at radius 2 is 1.65 bits per heavy atom. The molecule has 0 radical (unpaired) electrons. The third-order valence-electron chi connectivity index (χ3n) is 5.80. The molecule has 2 atom stereocenters. The van der Waals surface area contributed by atoms with Crippen LogP contribution in [0, 0.1) is 0 Å². The average molecular weight is 472 g/mol. The van der Waals surface area contributed by atoms with Gasteiger partial charge in [0.1, 0.15) is 11.8 Å². The van der Waals surface area contributed by atoms with E-state index in [9.17, 15) is 27.9 Å². The van der Waals surface area contributed by atoms with Gasteiger partial charge in [0, 0.05) is 24.9 Å². The molecular weight excluding hydrogens is 449 g/mol. The molecule has 0 bridgehead atoms. The van der Waals surface area contributed by atoms with Crippen molar-refractivity contribution in [1.29, 1.82) is 0 Å². The van der Waals surface area contributed by atoms with E-state index in [0.717, 1.165) is 4.57 Å². The van der Waals surface area contributed by atoms with Crippen LogP contribution in [-0.4, -0.2) is 33.8 Å². The Hall–Kier alpha value is -3.59. The molecular formula is C25H23F3N2O4. The summed E-state index contributed by atoms with van der Waals surface area (Å²) in [6, 6.07) is 16.1. The highest BCUT2D eigenvalue weighted by molar-refractivity contribution is 6.07. The molecule has 3 N–H and O–H groups in total. The van der Waals surface area contributed by atoms with Gasteiger partial charge < -0.3 is 20.1 Å². The number of carbonyl (C=O) groups is 2. The summed E-state index contributed by atoms with van der Waals surface area (Å²) < 4.78 is 49.9. The number of primary amides is 1. The smallest absolute Gasteiger partial charge is 0.432 e. The number of hydrogen-bond donors (Lipinski definition) is 2. The lowest BCUT2D eigenvalue weighted by Crippen LogP contribution is -2.33. The fourth-order valence-corrected chi connectivity index (χ4v) is 4.47. The Morgan fingerprint density at radius 3 is 2.18 bits per heavy atom. The lowest BCUT2D eigenvalue weighted by Gasteiger charge is -2.27. The van der Waals surface area contributed by atoms with Gasteiger partial charge in [0.2, 0.25) is 0 Å². The van der Waals surface area contributed by atoms with E-state index in [2.05, 4.69) is 0 Å². The number of nitrogens with zero attached hydrogens (tertiary/aromatic N) is 1. The van der Waals surface area contributed by atoms with Gasteiger partial charge in [-0.15, -0.1) is 0 Å². The molecule has 1 fully saturated rings. The van der Waals surface area contributed by atoms with E-state index in [1.54, 1.807) is 48.5 Å². The molecule has 1 amide bonds. The second-order valence-corrected chi connectivity index (χ2v) is 8.19. The molecule has 1 aliphatic heterocycles. The SMILES string of the molecule is NC(=O)c1c(-c2ccccc2)c(C(F)(F)F)n(CCC2CC(O)CC(=O)O2)c1-c1ccccc1. The molecule has 2 heterocycles. The summed E-state index contributed by atoms with van der Waals surface area (Å²) in [5.41, 5.74) is 4.78. The second-order valence-electron chi connectivity index (χ2n) is 8.19. The summed E-state index contributed by atoms with van der Waals surface area (Å²) in [6.45, 7) is -0.211. The van der Waals surface area contributed by atoms with Gasteiger partial charge in [0.15, 0.2) is 0 Å². The van der Waals surface area contributed by atoms with Crippen LogP contribution in [0.15, 0.2) is 60.7 Å². The lowest BCUT2D eigenvalue weighted by atomic mass is 9.97. The molecule has 3 aromatic rings. The van der Waals surface area contributed by atoms with Crippen LogP contribution in [0.4, 0.5) is 13.2 Å². The van der Waals surface area contributed by atoms with Crippen LogP contribution in [0.3, 0.4) is 0 Å². The molecule has 6 nitrogen and oxygen atoms in total. The molecule has 34 heavy (non-hydrogen) atoms. The van der Waals surface area contributed by atoms with Gasteiger partial charge in [-0.2, -0.15) is 13.2 Å². The van der Waals surface area contributed by atoms with Crippen molar-refractivity contribution in [2.45, 2.75) is 44.2 Å². The number of alkyl halides is 3. The van der Waals surface area contributed by atoms with Crippen molar-refractivity contribution in [3.05, 3.63) is 71.9 Å². The highest BCUT2D eigenvalue weighted by atomic mass is 19.4. The maximum Gasteiger partial charge on any atom is 0.432 e. The fourth-order valence-electron chi connectivity index (χ4n) is 4.47. The largest absolute Gasteiger partial charge is 0.462 e. The highest BCUT2D eigenvalue weighted by Gasteiger charge is 2.43. The van der Waals surface area contributed by atoms with Crippen molar-refractivity contribution in [2.24, 2.45) is 5.73 Å². The molecule has 1 aromatic heterocycles. The summed E-state index contributed by atoms with van der Waals surface area (Å²) in [5, 5.41) is 9.88. The van der Waals surface area contributed by atoms with E-state index >= 15 is 0 Å². The van der Waals surface area contributed by atoms with Gasteiger partial charge in [0.05, 0.1) is 23.8 Å². The van der Waals surface area contributed by atoms with E-state index in [1.807, 2.05) is 0 Å². The van der Waals surface area contributed by atoms with Gasteiger partial charge in [0.25, 0.3) is 5.91 Å². The highest BCUT2D eigenvalue weighted by Crippen LogP contribution is 2.45. The number of halogens is 3. The first-order valence-electron chi connectivity index (χ1n) is 10.8. The number of nitrogens with two attached hydrogens (primary N) is 1.